The zero-order chi connectivity index (χ0) is 16.7. The molecule has 1 atom stereocenters. The van der Waals surface area contributed by atoms with Gasteiger partial charge in [0.1, 0.15) is 5.82 Å². The number of amides is 2. The number of carbonyl (C=O) groups excluding carboxylic acids is 2. The largest absolute Gasteiger partial charge is 0.370 e. The Morgan fingerprint density at radius 1 is 1.21 bits per heavy atom. The standard InChI is InChI=1S/C18H21FN2O3/c19-16-4-2-1-3-12(16)11-24-15-9-20(10-15)18(23)13-7-17(22)21(8-13)14-5-6-14/h1-4,13-15H,5-11H2/t13-/m1/s1. The van der Waals surface area contributed by atoms with E-state index >= 15 is 0 Å². The minimum absolute atomic E-state index is 0.0507. The highest BCUT2D eigenvalue weighted by Crippen LogP contribution is 2.33. The smallest absolute Gasteiger partial charge is 0.228 e. The molecule has 128 valence electrons. The monoisotopic (exact) mass is 332 g/mol. The highest BCUT2D eigenvalue weighted by atomic mass is 19.1. The van der Waals surface area contributed by atoms with Crippen molar-refractivity contribution in [2.24, 2.45) is 5.92 Å². The molecule has 4 rings (SSSR count). The van der Waals surface area contributed by atoms with Crippen LogP contribution in [0.3, 0.4) is 0 Å². The van der Waals surface area contributed by atoms with Crippen molar-refractivity contribution >= 4 is 11.8 Å². The van der Waals surface area contributed by atoms with Crippen LogP contribution in [0.1, 0.15) is 24.8 Å². The highest BCUT2D eigenvalue weighted by Gasteiger charge is 2.44. The minimum Gasteiger partial charge on any atom is -0.370 e. The molecule has 0 spiro atoms. The van der Waals surface area contributed by atoms with Crippen LogP contribution in [0.2, 0.25) is 0 Å². The zero-order valence-electron chi connectivity index (χ0n) is 13.5. The summed E-state index contributed by atoms with van der Waals surface area (Å²) in [5.41, 5.74) is 0.531. The van der Waals surface area contributed by atoms with Crippen molar-refractivity contribution in [1.29, 1.82) is 0 Å². The first-order valence-electron chi connectivity index (χ1n) is 8.55. The molecule has 1 saturated carbocycles. The number of rotatable bonds is 5. The van der Waals surface area contributed by atoms with Gasteiger partial charge in [0.05, 0.1) is 18.6 Å². The first-order valence-corrected chi connectivity index (χ1v) is 8.55. The molecule has 0 unspecified atom stereocenters. The molecule has 1 aliphatic carbocycles. The van der Waals surface area contributed by atoms with E-state index in [4.69, 9.17) is 4.74 Å². The van der Waals surface area contributed by atoms with Crippen molar-refractivity contribution < 1.29 is 18.7 Å². The van der Waals surface area contributed by atoms with E-state index in [1.54, 1.807) is 23.1 Å². The van der Waals surface area contributed by atoms with Crippen molar-refractivity contribution in [3.05, 3.63) is 35.6 Å². The lowest BCUT2D eigenvalue weighted by Crippen LogP contribution is -2.56. The third-order valence-electron chi connectivity index (χ3n) is 5.09. The third-order valence-corrected chi connectivity index (χ3v) is 5.09. The number of hydrogen-bond acceptors (Lipinski definition) is 3. The molecule has 5 nitrogen and oxygen atoms in total. The second kappa shape index (κ2) is 6.16. The molecule has 0 N–H and O–H groups in total. The fourth-order valence-corrected chi connectivity index (χ4v) is 3.44. The van der Waals surface area contributed by atoms with Crippen LogP contribution in [0, 0.1) is 11.7 Å². The number of carbonyl (C=O) groups is 2. The van der Waals surface area contributed by atoms with Crippen LogP contribution < -0.4 is 0 Å². The molecule has 2 heterocycles. The van der Waals surface area contributed by atoms with E-state index in [0.29, 0.717) is 37.7 Å². The van der Waals surface area contributed by atoms with Gasteiger partial charge in [-0.1, -0.05) is 18.2 Å². The Hall–Kier alpha value is -1.95. The molecular formula is C18H21FN2O3. The van der Waals surface area contributed by atoms with Gasteiger partial charge in [0, 0.05) is 37.7 Å². The summed E-state index contributed by atoms with van der Waals surface area (Å²) in [5, 5.41) is 0. The molecule has 0 bridgehead atoms. The van der Waals surface area contributed by atoms with Crippen molar-refractivity contribution in [2.45, 2.75) is 38.0 Å². The summed E-state index contributed by atoms with van der Waals surface area (Å²) in [6.07, 6.45) is 2.43. The van der Waals surface area contributed by atoms with Crippen LogP contribution in [-0.2, 0) is 20.9 Å². The highest BCUT2D eigenvalue weighted by molar-refractivity contribution is 5.90. The van der Waals surface area contributed by atoms with E-state index in [2.05, 4.69) is 0 Å². The second-order valence-corrected chi connectivity index (χ2v) is 6.95. The minimum atomic E-state index is -0.269. The van der Waals surface area contributed by atoms with Crippen molar-refractivity contribution in [1.82, 2.24) is 9.80 Å². The quantitative estimate of drug-likeness (QED) is 0.822. The van der Waals surface area contributed by atoms with Gasteiger partial charge in [0.2, 0.25) is 11.8 Å². The number of benzene rings is 1. The van der Waals surface area contributed by atoms with E-state index in [1.807, 2.05) is 4.90 Å². The molecule has 2 amide bonds. The molecule has 2 aliphatic heterocycles. The van der Waals surface area contributed by atoms with E-state index in [0.717, 1.165) is 12.8 Å². The molecule has 0 radical (unpaired) electrons. The first kappa shape index (κ1) is 15.6. The molecule has 3 aliphatic rings. The van der Waals surface area contributed by atoms with E-state index in [-0.39, 0.29) is 36.3 Å². The Kier molecular flexibility index (Phi) is 4.00. The van der Waals surface area contributed by atoms with Gasteiger partial charge in [-0.25, -0.2) is 4.39 Å². The predicted molar refractivity (Wildman–Crippen MR) is 84.4 cm³/mol. The average Bonchev–Trinajstić information content (AvgIpc) is 3.29. The molecule has 2 saturated heterocycles. The van der Waals surface area contributed by atoms with Gasteiger partial charge in [-0.2, -0.15) is 0 Å². The van der Waals surface area contributed by atoms with E-state index < -0.39 is 0 Å². The summed E-state index contributed by atoms with van der Waals surface area (Å²) in [6.45, 7) is 1.85. The maximum Gasteiger partial charge on any atom is 0.228 e. The number of ether oxygens (including phenoxy) is 1. The van der Waals surface area contributed by atoms with Crippen molar-refractivity contribution in [3.8, 4) is 0 Å². The molecule has 6 heteroatoms. The van der Waals surface area contributed by atoms with E-state index in [1.165, 1.54) is 6.07 Å². The van der Waals surface area contributed by atoms with Gasteiger partial charge in [-0.3, -0.25) is 9.59 Å². The second-order valence-electron chi connectivity index (χ2n) is 6.95. The Bertz CT molecular complexity index is 655. The molecular weight excluding hydrogens is 311 g/mol. The molecule has 0 aromatic heterocycles. The maximum absolute atomic E-state index is 13.5. The normalized spacial score (nSPS) is 24.4. The number of halogens is 1. The van der Waals surface area contributed by atoms with Gasteiger partial charge >= 0.3 is 0 Å². The molecule has 24 heavy (non-hydrogen) atoms. The fourth-order valence-electron chi connectivity index (χ4n) is 3.44. The summed E-state index contributed by atoms with van der Waals surface area (Å²) in [7, 11) is 0. The van der Waals surface area contributed by atoms with Gasteiger partial charge in [-0.15, -0.1) is 0 Å². The van der Waals surface area contributed by atoms with Gasteiger partial charge in [0.25, 0.3) is 0 Å². The summed E-state index contributed by atoms with van der Waals surface area (Å²) in [6, 6.07) is 6.92. The van der Waals surface area contributed by atoms with Crippen molar-refractivity contribution in [2.75, 3.05) is 19.6 Å². The van der Waals surface area contributed by atoms with Gasteiger partial charge in [-0.05, 0) is 18.9 Å². The lowest BCUT2D eigenvalue weighted by Gasteiger charge is -2.40. The van der Waals surface area contributed by atoms with Crippen LogP contribution >= 0.6 is 0 Å². The summed E-state index contributed by atoms with van der Waals surface area (Å²) < 4.78 is 19.2. The van der Waals surface area contributed by atoms with Gasteiger partial charge in [0.15, 0.2) is 0 Å². The SMILES string of the molecule is O=C([C@@H]1CC(=O)N(C2CC2)C1)N1CC(OCc2ccccc2F)C1. The topological polar surface area (TPSA) is 49.9 Å². The predicted octanol–water partition coefficient (Wildman–Crippen LogP) is 1.56. The fraction of sp³-hybridized carbons (Fsp3) is 0.556. The summed E-state index contributed by atoms with van der Waals surface area (Å²) in [4.78, 5) is 28.0. The summed E-state index contributed by atoms with van der Waals surface area (Å²) >= 11 is 0. The number of hydrogen-bond donors (Lipinski definition) is 0. The van der Waals surface area contributed by atoms with Gasteiger partial charge < -0.3 is 14.5 Å². The lowest BCUT2D eigenvalue weighted by molar-refractivity contribution is -0.150. The zero-order valence-corrected chi connectivity index (χ0v) is 13.5. The van der Waals surface area contributed by atoms with Crippen LogP contribution in [0.5, 0.6) is 0 Å². The Morgan fingerprint density at radius 3 is 2.67 bits per heavy atom. The van der Waals surface area contributed by atoms with Crippen LogP contribution in [0.25, 0.3) is 0 Å². The number of likely N-dealkylation sites (tertiary alicyclic amines) is 2. The summed E-state index contributed by atoms with van der Waals surface area (Å²) in [5.74, 6) is -0.305. The number of nitrogens with zero attached hydrogens (tertiary/aromatic N) is 2. The first-order chi connectivity index (χ1) is 11.6. The van der Waals surface area contributed by atoms with Crippen LogP contribution in [-0.4, -0.2) is 53.4 Å². The third kappa shape index (κ3) is 3.02. The van der Waals surface area contributed by atoms with Crippen LogP contribution in [0.15, 0.2) is 24.3 Å². The maximum atomic E-state index is 13.5. The molecule has 1 aromatic carbocycles. The van der Waals surface area contributed by atoms with E-state index in [9.17, 15) is 14.0 Å². The Balaban J connectivity index is 1.23. The molecule has 3 fully saturated rings. The van der Waals surface area contributed by atoms with Crippen LogP contribution in [0.4, 0.5) is 4.39 Å². The molecule has 1 aromatic rings. The Morgan fingerprint density at radius 2 is 1.96 bits per heavy atom. The average molecular weight is 332 g/mol. The Labute approximate surface area is 140 Å². The van der Waals surface area contributed by atoms with Crippen molar-refractivity contribution in [3.63, 3.8) is 0 Å². The lowest BCUT2D eigenvalue weighted by atomic mass is 10.0.